The number of unbranched alkanes of at least 4 members (excludes halogenated alkanes) is 4. The van der Waals surface area contributed by atoms with Gasteiger partial charge in [-0.3, -0.25) is 14.4 Å². The van der Waals surface area contributed by atoms with Crippen molar-refractivity contribution in [1.82, 2.24) is 10.4 Å². The topological polar surface area (TPSA) is 321 Å². The largest absolute Gasteiger partial charge is 1.00 e. The summed E-state index contributed by atoms with van der Waals surface area (Å²) in [6.45, 7) is 33.8. The molecule has 0 atom stereocenters. The van der Waals surface area contributed by atoms with E-state index in [1.54, 1.807) is 7.11 Å². The number of carbonyl (C=O) groups is 4. The molecule has 2 aromatic carbocycles. The number of halogens is 1. The minimum absolute atomic E-state index is 0. The maximum Gasteiger partial charge on any atom is 0.333 e. The molecule has 0 saturated carbocycles. The second-order valence-electron chi connectivity index (χ2n) is 29.4. The molecule has 1 N–H and O–H groups in total. The Balaban J connectivity index is 0.0000323. The number of imide groups is 1. The van der Waals surface area contributed by atoms with Crippen molar-refractivity contribution in [2.75, 3.05) is 342 Å². The third kappa shape index (κ3) is 52.9. The van der Waals surface area contributed by atoms with Gasteiger partial charge in [-0.25, -0.2) is 4.79 Å². The smallest absolute Gasteiger partial charge is 0.333 e. The number of amides is 3. The van der Waals surface area contributed by atoms with E-state index in [0.717, 1.165) is 45.2 Å². The standard InChI is InChI=1S/C90H148N4O29.ClH/c1-89(2)79-19-13-15-21-81(79)92(83(89)23-9-6-10-24-84-90(3,4)80-20-14-16-22-82(80)93(84)31-18-8-12-26-88(98)123-94-86(96)27-28-87(94)97)30-17-7-11-25-85(95)91-29-32-100-35-36-102-39-40-104-43-44-106-47-48-108-51-52-110-55-56-112-59-60-114-63-64-116-67-68-118-71-72-120-75-76-122-78-77-121-74-73-119-70-69-117-66-65-115-62-61-113-58-57-111-54-53-109-50-49-107-46-45-105-42-41-103-38-37-101-34-33-99-5;/h6,9-10,13-16,19-24H,7-8,11-12,17-18,25-78H2,1-5H3;1H. The lowest BCUT2D eigenvalue weighted by Crippen LogP contribution is -3.00. The van der Waals surface area contributed by atoms with Crippen LogP contribution in [0.3, 0.4) is 0 Å². The molecule has 0 aliphatic carbocycles. The molecular weight excluding hydrogens is 1640 g/mol. The fourth-order valence-electron chi connectivity index (χ4n) is 12.8. The molecular formula is C90H149ClN4O29. The van der Waals surface area contributed by atoms with Gasteiger partial charge in [0.05, 0.1) is 316 Å². The van der Waals surface area contributed by atoms with Crippen LogP contribution in [0.4, 0.5) is 11.4 Å². The highest BCUT2D eigenvalue weighted by molar-refractivity contribution is 6.03. The van der Waals surface area contributed by atoms with Crippen LogP contribution in [0.2, 0.25) is 0 Å². The monoisotopic (exact) mass is 1780 g/mol. The molecule has 33 nitrogen and oxygen atoms in total. The highest BCUT2D eigenvalue weighted by Gasteiger charge is 2.44. The van der Waals surface area contributed by atoms with Gasteiger partial charge in [-0.15, -0.1) is 5.06 Å². The summed E-state index contributed by atoms with van der Waals surface area (Å²) in [6, 6.07) is 17.2. The zero-order valence-electron chi connectivity index (χ0n) is 75.0. The van der Waals surface area contributed by atoms with Crippen molar-refractivity contribution in [3.05, 3.63) is 95.7 Å². The van der Waals surface area contributed by atoms with E-state index in [9.17, 15) is 19.2 Å². The summed E-state index contributed by atoms with van der Waals surface area (Å²) in [6.07, 6.45) is 16.4. The second-order valence-corrected chi connectivity index (χ2v) is 29.4. The maximum absolute atomic E-state index is 12.7. The quantitative estimate of drug-likeness (QED) is 0.0405. The molecule has 710 valence electrons. The number of hydroxylamine groups is 2. The van der Waals surface area contributed by atoms with Crippen LogP contribution in [0.5, 0.6) is 0 Å². The minimum Gasteiger partial charge on any atom is -1.00 e. The molecule has 0 radical (unpaired) electrons. The summed E-state index contributed by atoms with van der Waals surface area (Å²) in [5, 5.41) is 3.60. The first-order chi connectivity index (χ1) is 60.5. The lowest BCUT2D eigenvalue weighted by Gasteiger charge is -2.27. The van der Waals surface area contributed by atoms with E-state index in [2.05, 4.69) is 121 Å². The molecule has 3 aliphatic heterocycles. The number of fused-ring (bicyclic) bond motifs is 2. The lowest BCUT2D eigenvalue weighted by atomic mass is 9.81. The predicted molar refractivity (Wildman–Crippen MR) is 460 cm³/mol. The summed E-state index contributed by atoms with van der Waals surface area (Å²) >= 11 is 0. The van der Waals surface area contributed by atoms with E-state index in [-0.39, 0.29) is 48.4 Å². The molecule has 124 heavy (non-hydrogen) atoms. The first-order valence-electron chi connectivity index (χ1n) is 44.2. The zero-order valence-corrected chi connectivity index (χ0v) is 75.7. The summed E-state index contributed by atoms with van der Waals surface area (Å²) in [4.78, 5) is 56.3. The number of nitrogens with zero attached hydrogens (tertiary/aromatic N) is 3. The van der Waals surface area contributed by atoms with Crippen LogP contribution < -0.4 is 22.6 Å². The zero-order chi connectivity index (χ0) is 87.5. The maximum atomic E-state index is 12.7. The Kier molecular flexibility index (Phi) is 68.3. The molecule has 0 bridgehead atoms. The summed E-state index contributed by atoms with van der Waals surface area (Å²) in [5.74, 6) is -1.47. The van der Waals surface area contributed by atoms with Crippen LogP contribution in [0.15, 0.2) is 84.6 Å². The van der Waals surface area contributed by atoms with E-state index >= 15 is 0 Å². The van der Waals surface area contributed by atoms with Crippen LogP contribution >= 0.6 is 0 Å². The van der Waals surface area contributed by atoms with Gasteiger partial charge in [0, 0.05) is 86.8 Å². The average molecular weight is 1790 g/mol. The molecule has 2 aromatic rings. The second kappa shape index (κ2) is 76.4. The number of hydrogen-bond donors (Lipinski definition) is 1. The van der Waals surface area contributed by atoms with Crippen LogP contribution in [-0.2, 0) is 149 Å². The van der Waals surface area contributed by atoms with Gasteiger partial charge >= 0.3 is 5.97 Å². The highest BCUT2D eigenvalue weighted by Crippen LogP contribution is 2.48. The molecule has 34 heteroatoms. The summed E-state index contributed by atoms with van der Waals surface area (Å²) < 4.78 is 135. The number of nitrogens with one attached hydrogen (secondary N) is 1. The lowest BCUT2D eigenvalue weighted by molar-refractivity contribution is -0.438. The van der Waals surface area contributed by atoms with Gasteiger partial charge in [0.25, 0.3) is 11.8 Å². The Morgan fingerprint density at radius 3 is 1.06 bits per heavy atom. The van der Waals surface area contributed by atoms with Gasteiger partial charge in [-0.05, 0) is 57.2 Å². The molecule has 1 fully saturated rings. The number of carbonyl (C=O) groups excluding carboxylic acids is 4. The number of hydrogen-bond acceptors (Lipinski definition) is 30. The van der Waals surface area contributed by atoms with Crippen molar-refractivity contribution in [1.29, 1.82) is 0 Å². The third-order valence-electron chi connectivity index (χ3n) is 19.3. The summed E-state index contributed by atoms with van der Waals surface area (Å²) in [5.41, 5.74) is 6.99. The van der Waals surface area contributed by atoms with E-state index < -0.39 is 17.8 Å². The van der Waals surface area contributed by atoms with Gasteiger partial charge < -0.3 is 141 Å². The van der Waals surface area contributed by atoms with Gasteiger partial charge in [0.2, 0.25) is 11.6 Å². The van der Waals surface area contributed by atoms with Crippen LogP contribution in [-0.4, -0.2) is 376 Å². The minimum atomic E-state index is -0.562. The van der Waals surface area contributed by atoms with Crippen molar-refractivity contribution in [3.8, 4) is 0 Å². The number of ether oxygens (including phenoxy) is 24. The average Bonchev–Trinajstić information content (AvgIpc) is 1.60. The fraction of sp³-hybridized carbons (Fsp3) is 0.744. The molecule has 0 aromatic heterocycles. The van der Waals surface area contributed by atoms with E-state index in [0.29, 0.717) is 335 Å². The number of rotatable bonds is 88. The van der Waals surface area contributed by atoms with Gasteiger partial charge in [-0.2, -0.15) is 4.58 Å². The van der Waals surface area contributed by atoms with E-state index in [1.165, 1.54) is 33.9 Å². The van der Waals surface area contributed by atoms with Crippen molar-refractivity contribution in [2.24, 2.45) is 0 Å². The first kappa shape index (κ1) is 111. The van der Waals surface area contributed by atoms with Gasteiger partial charge in [-0.1, -0.05) is 74.9 Å². The number of benzene rings is 2. The van der Waals surface area contributed by atoms with Crippen molar-refractivity contribution < 1.29 is 155 Å². The Labute approximate surface area is 743 Å². The number of anilines is 1. The molecule has 0 unspecified atom stereocenters. The Hall–Kier alpha value is -5.46. The first-order valence-corrected chi connectivity index (χ1v) is 44.2. The number of allylic oxidation sites excluding steroid dienone is 6. The van der Waals surface area contributed by atoms with Crippen molar-refractivity contribution in [3.63, 3.8) is 0 Å². The highest BCUT2D eigenvalue weighted by atomic mass is 35.5. The molecule has 0 spiro atoms. The number of para-hydroxylation sites is 2. The Bertz CT molecular complexity index is 3100. The van der Waals surface area contributed by atoms with Crippen LogP contribution in [0.1, 0.15) is 103 Å². The molecule has 5 rings (SSSR count). The van der Waals surface area contributed by atoms with E-state index in [4.69, 9.17) is 119 Å². The SMILES string of the molecule is COCCOCCOCCOCCOCCOCCOCCOCCOCCOCCOCCOCCOCCOCCOCCOCCOCCOCCOCCOCCOCCOCCOCCOCCNC(=O)CCCCC[N+]1=C(C=CC=CC=C2N(CCCCCC(=O)ON3C(=O)CCC3=O)c3ccccc3C2(C)C)C(C)(C)c2ccccc21.[Cl-]. The van der Waals surface area contributed by atoms with E-state index in [1.807, 2.05) is 0 Å². The molecule has 3 heterocycles. The Morgan fingerprint density at radius 1 is 0.371 bits per heavy atom. The molecule has 1 saturated heterocycles. The molecule has 3 amide bonds. The summed E-state index contributed by atoms with van der Waals surface area (Å²) in [7, 11) is 1.64. The fourth-order valence-corrected chi connectivity index (χ4v) is 12.8. The van der Waals surface area contributed by atoms with Crippen molar-refractivity contribution >= 4 is 40.8 Å². The van der Waals surface area contributed by atoms with Crippen molar-refractivity contribution in [2.45, 2.75) is 103 Å². The Morgan fingerprint density at radius 2 is 0.694 bits per heavy atom. The van der Waals surface area contributed by atoms with Crippen LogP contribution in [0.25, 0.3) is 0 Å². The van der Waals surface area contributed by atoms with Crippen LogP contribution in [0, 0.1) is 0 Å². The van der Waals surface area contributed by atoms with Gasteiger partial charge in [0.15, 0.2) is 5.71 Å². The van der Waals surface area contributed by atoms with Gasteiger partial charge in [0.1, 0.15) is 6.54 Å². The predicted octanol–water partition coefficient (Wildman–Crippen LogP) is 4.73. The normalized spacial score (nSPS) is 14.5. The molecule has 3 aliphatic rings. The third-order valence-corrected chi connectivity index (χ3v) is 19.3. The number of methoxy groups -OCH3 is 1.